The average Bonchev–Trinajstić information content (AvgIpc) is 2.35. The molecule has 0 amide bonds. The number of hydrazine groups is 1. The van der Waals surface area contributed by atoms with E-state index in [0.717, 1.165) is 32.6 Å². The second-order valence-electron chi connectivity index (χ2n) is 5.19. The minimum atomic E-state index is 0.332. The molecule has 0 aromatic heterocycles. The summed E-state index contributed by atoms with van der Waals surface area (Å²) < 4.78 is 0. The molecule has 0 saturated carbocycles. The van der Waals surface area contributed by atoms with Crippen molar-refractivity contribution in [1.29, 1.82) is 0 Å². The summed E-state index contributed by atoms with van der Waals surface area (Å²) in [7, 11) is 2.16. The summed E-state index contributed by atoms with van der Waals surface area (Å²) in [6.07, 6.45) is 0.979. The molecule has 1 saturated heterocycles. The molecule has 1 aromatic rings. The van der Waals surface area contributed by atoms with Gasteiger partial charge in [-0.25, -0.2) is 5.01 Å². The van der Waals surface area contributed by atoms with Gasteiger partial charge < -0.3 is 10.0 Å². The van der Waals surface area contributed by atoms with Crippen molar-refractivity contribution in [3.63, 3.8) is 0 Å². The number of nitrogens with zero attached hydrogens (tertiary/aromatic N) is 2. The Balaban J connectivity index is 1.78. The minimum Gasteiger partial charge on any atom is -0.508 e. The zero-order valence-electron chi connectivity index (χ0n) is 11.3. The predicted molar refractivity (Wildman–Crippen MR) is 73.5 cm³/mol. The van der Waals surface area contributed by atoms with Gasteiger partial charge in [-0.15, -0.1) is 0 Å². The molecule has 0 aliphatic carbocycles. The molecule has 4 heteroatoms. The van der Waals surface area contributed by atoms with E-state index in [1.54, 1.807) is 12.1 Å². The second kappa shape index (κ2) is 6.18. The lowest BCUT2D eigenvalue weighted by Crippen LogP contribution is -2.53. The second-order valence-corrected chi connectivity index (χ2v) is 5.19. The van der Waals surface area contributed by atoms with E-state index in [-0.39, 0.29) is 0 Å². The molecule has 1 fully saturated rings. The van der Waals surface area contributed by atoms with Crippen LogP contribution in [-0.2, 0) is 6.42 Å². The SMILES string of the molecule is CC(Cc1ccc(O)cc1)NN1CCN(C)CC1. The van der Waals surface area contributed by atoms with Crippen molar-refractivity contribution in [3.8, 4) is 5.75 Å². The van der Waals surface area contributed by atoms with Crippen molar-refractivity contribution in [1.82, 2.24) is 15.3 Å². The molecule has 1 aromatic carbocycles. The lowest BCUT2D eigenvalue weighted by molar-refractivity contribution is 0.0899. The van der Waals surface area contributed by atoms with Crippen molar-refractivity contribution in [2.45, 2.75) is 19.4 Å². The Morgan fingerprint density at radius 3 is 2.39 bits per heavy atom. The third kappa shape index (κ3) is 3.98. The maximum absolute atomic E-state index is 9.25. The van der Waals surface area contributed by atoms with E-state index >= 15 is 0 Å². The Bertz CT molecular complexity index is 358. The van der Waals surface area contributed by atoms with Gasteiger partial charge in [-0.2, -0.15) is 0 Å². The fourth-order valence-electron chi connectivity index (χ4n) is 2.28. The van der Waals surface area contributed by atoms with Gasteiger partial charge in [-0.1, -0.05) is 12.1 Å². The van der Waals surface area contributed by atoms with Crippen LogP contribution in [0.3, 0.4) is 0 Å². The number of phenolic OH excluding ortho intramolecular Hbond substituents is 1. The van der Waals surface area contributed by atoms with E-state index in [4.69, 9.17) is 0 Å². The number of nitrogens with one attached hydrogen (secondary N) is 1. The minimum absolute atomic E-state index is 0.332. The largest absolute Gasteiger partial charge is 0.508 e. The normalized spacial score (nSPS) is 19.9. The zero-order chi connectivity index (χ0) is 13.0. The van der Waals surface area contributed by atoms with E-state index in [1.165, 1.54) is 5.56 Å². The monoisotopic (exact) mass is 249 g/mol. The first-order chi connectivity index (χ1) is 8.63. The van der Waals surface area contributed by atoms with Gasteiger partial charge in [-0.05, 0) is 38.1 Å². The highest BCUT2D eigenvalue weighted by Crippen LogP contribution is 2.11. The van der Waals surface area contributed by atoms with Gasteiger partial charge in [0.1, 0.15) is 5.75 Å². The molecule has 4 nitrogen and oxygen atoms in total. The zero-order valence-corrected chi connectivity index (χ0v) is 11.3. The van der Waals surface area contributed by atoms with Crippen LogP contribution in [0.25, 0.3) is 0 Å². The van der Waals surface area contributed by atoms with Crippen LogP contribution in [0.2, 0.25) is 0 Å². The van der Waals surface area contributed by atoms with E-state index in [2.05, 4.69) is 29.3 Å². The Morgan fingerprint density at radius 1 is 1.17 bits per heavy atom. The standard InChI is InChI=1S/C14H23N3O/c1-12(11-13-3-5-14(18)6-4-13)15-17-9-7-16(2)8-10-17/h3-6,12,15,18H,7-11H2,1-2H3. The molecule has 1 aliphatic heterocycles. The summed E-state index contributed by atoms with van der Waals surface area (Å²) in [6, 6.07) is 7.88. The van der Waals surface area contributed by atoms with Gasteiger partial charge >= 0.3 is 0 Å². The van der Waals surface area contributed by atoms with Crippen molar-refractivity contribution < 1.29 is 5.11 Å². The highest BCUT2D eigenvalue weighted by molar-refractivity contribution is 5.26. The maximum atomic E-state index is 9.25. The summed E-state index contributed by atoms with van der Waals surface area (Å²) >= 11 is 0. The molecule has 0 radical (unpaired) electrons. The molecule has 100 valence electrons. The lowest BCUT2D eigenvalue weighted by Gasteiger charge is -2.34. The molecule has 18 heavy (non-hydrogen) atoms. The molecule has 1 heterocycles. The first-order valence-electron chi connectivity index (χ1n) is 6.61. The molecular formula is C14H23N3O. The highest BCUT2D eigenvalue weighted by Gasteiger charge is 2.15. The molecule has 0 bridgehead atoms. The number of aromatic hydroxyl groups is 1. The van der Waals surface area contributed by atoms with Crippen LogP contribution in [0.4, 0.5) is 0 Å². The Labute approximate surface area is 109 Å². The maximum Gasteiger partial charge on any atom is 0.115 e. The number of piperazine rings is 1. The highest BCUT2D eigenvalue weighted by atomic mass is 16.3. The quantitative estimate of drug-likeness (QED) is 0.837. The van der Waals surface area contributed by atoms with Gasteiger partial charge in [0.25, 0.3) is 0 Å². The van der Waals surface area contributed by atoms with Crippen molar-refractivity contribution >= 4 is 0 Å². The van der Waals surface area contributed by atoms with Gasteiger partial charge in [-0.3, -0.25) is 5.43 Å². The average molecular weight is 249 g/mol. The first-order valence-corrected chi connectivity index (χ1v) is 6.61. The van der Waals surface area contributed by atoms with Crippen molar-refractivity contribution in [3.05, 3.63) is 29.8 Å². The van der Waals surface area contributed by atoms with E-state index in [9.17, 15) is 5.11 Å². The summed E-state index contributed by atoms with van der Waals surface area (Å²) in [5.41, 5.74) is 4.80. The third-order valence-corrected chi connectivity index (χ3v) is 3.38. The van der Waals surface area contributed by atoms with E-state index in [1.807, 2.05) is 12.1 Å². The molecule has 0 spiro atoms. The first kappa shape index (κ1) is 13.3. The fraction of sp³-hybridized carbons (Fsp3) is 0.571. The smallest absolute Gasteiger partial charge is 0.115 e. The molecule has 1 aliphatic rings. The molecule has 1 atom stereocenters. The molecule has 1 unspecified atom stereocenters. The van der Waals surface area contributed by atoms with Gasteiger partial charge in [0, 0.05) is 32.2 Å². The molecule has 2 rings (SSSR count). The van der Waals surface area contributed by atoms with Crippen molar-refractivity contribution in [2.75, 3.05) is 33.2 Å². The Hall–Kier alpha value is -1.10. The summed E-state index contributed by atoms with van der Waals surface area (Å²) in [6.45, 7) is 6.61. The number of likely N-dealkylation sites (N-methyl/N-ethyl adjacent to an activating group) is 1. The number of hydrogen-bond acceptors (Lipinski definition) is 4. The Kier molecular flexibility index (Phi) is 4.58. The summed E-state index contributed by atoms with van der Waals surface area (Å²) in [5, 5.41) is 11.6. The number of benzene rings is 1. The van der Waals surface area contributed by atoms with Crippen LogP contribution in [0.5, 0.6) is 5.75 Å². The van der Waals surface area contributed by atoms with Crippen LogP contribution in [0, 0.1) is 0 Å². The van der Waals surface area contributed by atoms with Crippen molar-refractivity contribution in [2.24, 2.45) is 0 Å². The van der Waals surface area contributed by atoms with Gasteiger partial charge in [0.2, 0.25) is 0 Å². The van der Waals surface area contributed by atoms with E-state index in [0.29, 0.717) is 11.8 Å². The lowest BCUT2D eigenvalue weighted by atomic mass is 10.1. The van der Waals surface area contributed by atoms with Crippen LogP contribution < -0.4 is 5.43 Å². The van der Waals surface area contributed by atoms with Crippen LogP contribution in [-0.4, -0.2) is 54.3 Å². The number of hydrogen-bond donors (Lipinski definition) is 2. The van der Waals surface area contributed by atoms with Crippen LogP contribution >= 0.6 is 0 Å². The fourth-order valence-corrected chi connectivity index (χ4v) is 2.28. The topological polar surface area (TPSA) is 38.7 Å². The predicted octanol–water partition coefficient (Wildman–Crippen LogP) is 1.08. The number of rotatable bonds is 4. The third-order valence-electron chi connectivity index (χ3n) is 3.38. The molecular weight excluding hydrogens is 226 g/mol. The summed E-state index contributed by atoms with van der Waals surface area (Å²) in [5.74, 6) is 0.332. The van der Waals surface area contributed by atoms with Gasteiger partial charge in [0.05, 0.1) is 0 Å². The van der Waals surface area contributed by atoms with E-state index < -0.39 is 0 Å². The Morgan fingerprint density at radius 2 is 1.78 bits per heavy atom. The molecule has 2 N–H and O–H groups in total. The van der Waals surface area contributed by atoms with Crippen LogP contribution in [0.1, 0.15) is 12.5 Å². The summed E-state index contributed by atoms with van der Waals surface area (Å²) in [4.78, 5) is 2.35. The number of phenols is 1. The van der Waals surface area contributed by atoms with Gasteiger partial charge in [0.15, 0.2) is 0 Å². The van der Waals surface area contributed by atoms with Crippen LogP contribution in [0.15, 0.2) is 24.3 Å².